The quantitative estimate of drug-likeness (QED) is 0.411. The lowest BCUT2D eigenvalue weighted by Crippen LogP contribution is -2.48. The molecule has 3 aromatic carbocycles. The van der Waals surface area contributed by atoms with Gasteiger partial charge in [0, 0.05) is 51.0 Å². The molecular formula is C28H32FN3O5S. The van der Waals surface area contributed by atoms with Crippen molar-refractivity contribution in [1.82, 2.24) is 9.21 Å². The van der Waals surface area contributed by atoms with Crippen LogP contribution in [0.5, 0.6) is 11.5 Å². The van der Waals surface area contributed by atoms with Crippen LogP contribution in [0.2, 0.25) is 0 Å². The van der Waals surface area contributed by atoms with Gasteiger partial charge in [0.1, 0.15) is 5.82 Å². The van der Waals surface area contributed by atoms with Gasteiger partial charge in [0.25, 0.3) is 5.91 Å². The van der Waals surface area contributed by atoms with Crippen molar-refractivity contribution < 1.29 is 27.1 Å². The second-order valence-electron chi connectivity index (χ2n) is 9.06. The molecule has 1 saturated heterocycles. The number of benzene rings is 3. The van der Waals surface area contributed by atoms with Crippen molar-refractivity contribution in [1.29, 1.82) is 0 Å². The van der Waals surface area contributed by atoms with Crippen LogP contribution in [0.4, 0.5) is 10.1 Å². The van der Waals surface area contributed by atoms with E-state index in [1.807, 2.05) is 23.1 Å². The first-order valence-corrected chi connectivity index (χ1v) is 13.7. The highest BCUT2D eigenvalue weighted by atomic mass is 32.2. The Kier molecular flexibility index (Phi) is 8.53. The zero-order chi connectivity index (χ0) is 27.3. The average molecular weight is 542 g/mol. The van der Waals surface area contributed by atoms with Crippen LogP contribution >= 0.6 is 0 Å². The fourth-order valence-electron chi connectivity index (χ4n) is 4.43. The van der Waals surface area contributed by atoms with Crippen molar-refractivity contribution in [2.45, 2.75) is 11.3 Å². The highest BCUT2D eigenvalue weighted by Gasteiger charge is 2.29. The van der Waals surface area contributed by atoms with Crippen LogP contribution in [-0.4, -0.2) is 77.5 Å². The summed E-state index contributed by atoms with van der Waals surface area (Å²) in [7, 11) is 1.07. The van der Waals surface area contributed by atoms with Gasteiger partial charge >= 0.3 is 0 Å². The van der Waals surface area contributed by atoms with Crippen LogP contribution in [0.15, 0.2) is 71.6 Å². The molecule has 1 aliphatic heterocycles. The predicted octanol–water partition coefficient (Wildman–Crippen LogP) is 3.67. The summed E-state index contributed by atoms with van der Waals surface area (Å²) in [5.74, 6) is 0.686. The number of ether oxygens (including phenoxy) is 2. The first kappa shape index (κ1) is 27.4. The van der Waals surface area contributed by atoms with E-state index in [0.717, 1.165) is 11.3 Å². The maximum absolute atomic E-state index is 13.4. The lowest BCUT2D eigenvalue weighted by Gasteiger charge is -2.35. The van der Waals surface area contributed by atoms with E-state index < -0.39 is 10.0 Å². The van der Waals surface area contributed by atoms with Crippen LogP contribution in [0.1, 0.15) is 15.9 Å². The van der Waals surface area contributed by atoms with Gasteiger partial charge in [-0.1, -0.05) is 12.1 Å². The van der Waals surface area contributed by atoms with Crippen LogP contribution in [0.25, 0.3) is 0 Å². The zero-order valence-electron chi connectivity index (χ0n) is 21.8. The van der Waals surface area contributed by atoms with Gasteiger partial charge in [0.15, 0.2) is 11.5 Å². The van der Waals surface area contributed by atoms with Gasteiger partial charge in [-0.05, 0) is 66.6 Å². The molecule has 0 bridgehead atoms. The molecule has 202 valence electrons. The zero-order valence-corrected chi connectivity index (χ0v) is 22.6. The van der Waals surface area contributed by atoms with Crippen molar-refractivity contribution >= 4 is 21.6 Å². The van der Waals surface area contributed by atoms with E-state index in [1.54, 1.807) is 50.4 Å². The van der Waals surface area contributed by atoms with E-state index in [0.29, 0.717) is 56.2 Å². The normalized spacial score (nSPS) is 14.3. The second-order valence-corrected chi connectivity index (χ2v) is 11.0. The molecule has 3 aromatic rings. The van der Waals surface area contributed by atoms with E-state index in [4.69, 9.17) is 9.47 Å². The van der Waals surface area contributed by atoms with Gasteiger partial charge in [-0.25, -0.2) is 12.8 Å². The number of halogens is 1. The minimum atomic E-state index is -3.78. The number of methoxy groups -OCH3 is 2. The van der Waals surface area contributed by atoms with Gasteiger partial charge in [0.05, 0.1) is 19.1 Å². The Morgan fingerprint density at radius 2 is 1.61 bits per heavy atom. The van der Waals surface area contributed by atoms with Crippen LogP contribution in [-0.2, 0) is 16.4 Å². The Bertz CT molecular complexity index is 1370. The summed E-state index contributed by atoms with van der Waals surface area (Å²) in [6.07, 6.45) is 0.596. The molecule has 0 aromatic heterocycles. The molecule has 0 N–H and O–H groups in total. The lowest BCUT2D eigenvalue weighted by atomic mass is 10.1. The third-order valence-corrected chi connectivity index (χ3v) is 8.57. The molecule has 1 heterocycles. The first-order chi connectivity index (χ1) is 18.2. The number of hydrogen-bond donors (Lipinski definition) is 0. The largest absolute Gasteiger partial charge is 0.493 e. The number of sulfonamides is 1. The number of nitrogens with zero attached hydrogens (tertiary/aromatic N) is 3. The number of rotatable bonds is 9. The smallest absolute Gasteiger partial charge is 0.253 e. The molecule has 10 heteroatoms. The fourth-order valence-corrected chi connectivity index (χ4v) is 5.90. The van der Waals surface area contributed by atoms with Crippen molar-refractivity contribution in [2.75, 3.05) is 58.9 Å². The highest BCUT2D eigenvalue weighted by molar-refractivity contribution is 7.89. The molecule has 0 radical (unpaired) electrons. The van der Waals surface area contributed by atoms with E-state index in [-0.39, 0.29) is 16.6 Å². The lowest BCUT2D eigenvalue weighted by molar-refractivity contribution is 0.0796. The number of carbonyl (C=O) groups excluding carboxylic acids is 1. The number of hydrogen-bond acceptors (Lipinski definition) is 6. The third-order valence-electron chi connectivity index (χ3n) is 6.68. The standard InChI is InChI=1S/C28H32FN3O5S/c1-30(14-13-21-7-12-26(36-2)27(19-21)37-3)28(33)22-5-4-6-25(20-22)38(34,35)32-17-15-31(16-18-32)24-10-8-23(29)9-11-24/h4-12,19-20H,13-18H2,1-3H3. The number of piperazine rings is 1. The topological polar surface area (TPSA) is 79.4 Å². The molecule has 8 nitrogen and oxygen atoms in total. The van der Waals surface area contributed by atoms with Crippen LogP contribution < -0.4 is 14.4 Å². The fraction of sp³-hybridized carbons (Fsp3) is 0.321. The third kappa shape index (κ3) is 6.08. The van der Waals surface area contributed by atoms with E-state index in [2.05, 4.69) is 0 Å². The van der Waals surface area contributed by atoms with Crippen LogP contribution in [0.3, 0.4) is 0 Å². The number of anilines is 1. The average Bonchev–Trinajstić information content (AvgIpc) is 2.95. The van der Waals surface area contributed by atoms with Crippen LogP contribution in [0, 0.1) is 5.82 Å². The summed E-state index contributed by atoms with van der Waals surface area (Å²) in [5.41, 5.74) is 2.15. The Balaban J connectivity index is 1.39. The molecule has 0 aliphatic carbocycles. The molecule has 1 amide bonds. The van der Waals surface area contributed by atoms with E-state index in [1.165, 1.54) is 28.6 Å². The second kappa shape index (κ2) is 11.8. The van der Waals surface area contributed by atoms with E-state index in [9.17, 15) is 17.6 Å². The molecule has 1 aliphatic rings. The number of likely N-dealkylation sites (N-methyl/N-ethyl adjacent to an activating group) is 1. The Labute approximate surface area is 223 Å². The predicted molar refractivity (Wildman–Crippen MR) is 144 cm³/mol. The molecule has 0 spiro atoms. The van der Waals surface area contributed by atoms with Gasteiger partial charge in [-0.15, -0.1) is 0 Å². The molecule has 4 rings (SSSR count). The van der Waals surface area contributed by atoms with Crippen molar-refractivity contribution in [2.24, 2.45) is 0 Å². The molecule has 38 heavy (non-hydrogen) atoms. The summed E-state index contributed by atoms with van der Waals surface area (Å²) in [6.45, 7) is 2.01. The summed E-state index contributed by atoms with van der Waals surface area (Å²) in [4.78, 5) is 16.8. The van der Waals surface area contributed by atoms with Gasteiger partial charge < -0.3 is 19.3 Å². The van der Waals surface area contributed by atoms with Gasteiger partial charge in [0.2, 0.25) is 10.0 Å². The van der Waals surface area contributed by atoms with Gasteiger partial charge in [-0.3, -0.25) is 4.79 Å². The molecular weight excluding hydrogens is 509 g/mol. The Morgan fingerprint density at radius 1 is 0.921 bits per heavy atom. The highest BCUT2D eigenvalue weighted by Crippen LogP contribution is 2.28. The molecule has 0 saturated carbocycles. The summed E-state index contributed by atoms with van der Waals surface area (Å²) in [5, 5.41) is 0. The van der Waals surface area contributed by atoms with Gasteiger partial charge in [-0.2, -0.15) is 4.31 Å². The van der Waals surface area contributed by atoms with Crippen molar-refractivity contribution in [3.05, 3.63) is 83.7 Å². The number of carbonyl (C=O) groups is 1. The SMILES string of the molecule is COc1ccc(CCN(C)C(=O)c2cccc(S(=O)(=O)N3CCN(c4ccc(F)cc4)CC3)c2)cc1OC. The molecule has 0 unspecified atom stereocenters. The minimum absolute atomic E-state index is 0.0897. The number of amides is 1. The Morgan fingerprint density at radius 3 is 2.26 bits per heavy atom. The first-order valence-electron chi connectivity index (χ1n) is 12.3. The summed E-state index contributed by atoms with van der Waals surface area (Å²) >= 11 is 0. The van der Waals surface area contributed by atoms with Crippen molar-refractivity contribution in [3.63, 3.8) is 0 Å². The maximum atomic E-state index is 13.4. The molecule has 1 fully saturated rings. The maximum Gasteiger partial charge on any atom is 0.253 e. The monoisotopic (exact) mass is 541 g/mol. The van der Waals surface area contributed by atoms with Crippen molar-refractivity contribution in [3.8, 4) is 11.5 Å². The van der Waals surface area contributed by atoms with E-state index >= 15 is 0 Å². The Hall–Kier alpha value is -3.63. The molecule has 0 atom stereocenters. The summed E-state index contributed by atoms with van der Waals surface area (Å²) in [6, 6.07) is 18.0. The minimum Gasteiger partial charge on any atom is -0.493 e. The summed E-state index contributed by atoms with van der Waals surface area (Å²) < 4.78 is 52.0.